The molecule has 0 unspecified atom stereocenters. The molecule has 0 spiro atoms. The molecular weight excluding hydrogens is 335 g/mol. The fraction of sp³-hybridized carbons (Fsp3) is 0.278. The first-order chi connectivity index (χ1) is 12.7. The SMILES string of the molecule is Cc1cc(Nc2ccnc(N3CCN(c4ccc(F)cc4)CC3)n2)no1. The van der Waals surface area contributed by atoms with Crippen molar-refractivity contribution >= 4 is 23.3 Å². The number of aryl methyl sites for hydroxylation is 1. The Balaban J connectivity index is 1.41. The van der Waals surface area contributed by atoms with Crippen LogP contribution in [0.3, 0.4) is 0 Å². The summed E-state index contributed by atoms with van der Waals surface area (Å²) < 4.78 is 18.1. The number of rotatable bonds is 4. The van der Waals surface area contributed by atoms with E-state index in [0.717, 1.165) is 37.6 Å². The molecule has 1 aliphatic heterocycles. The van der Waals surface area contributed by atoms with Crippen LogP contribution < -0.4 is 15.1 Å². The van der Waals surface area contributed by atoms with Gasteiger partial charge in [-0.3, -0.25) is 0 Å². The molecule has 8 heteroatoms. The number of hydrogen-bond donors (Lipinski definition) is 1. The maximum absolute atomic E-state index is 13.1. The van der Waals surface area contributed by atoms with E-state index in [1.54, 1.807) is 12.3 Å². The second-order valence-corrected chi connectivity index (χ2v) is 6.14. The van der Waals surface area contributed by atoms with Crippen LogP contribution in [0.1, 0.15) is 5.76 Å². The summed E-state index contributed by atoms with van der Waals surface area (Å²) >= 11 is 0. The molecule has 1 aromatic carbocycles. The predicted molar refractivity (Wildman–Crippen MR) is 97.4 cm³/mol. The van der Waals surface area contributed by atoms with Gasteiger partial charge in [-0.25, -0.2) is 9.37 Å². The van der Waals surface area contributed by atoms with E-state index >= 15 is 0 Å². The van der Waals surface area contributed by atoms with Gasteiger partial charge < -0.3 is 19.6 Å². The first-order valence-electron chi connectivity index (χ1n) is 8.46. The number of hydrogen-bond acceptors (Lipinski definition) is 7. The maximum atomic E-state index is 13.1. The summed E-state index contributed by atoms with van der Waals surface area (Å²) in [6, 6.07) is 10.2. The molecule has 2 aromatic heterocycles. The molecule has 0 bridgehead atoms. The molecule has 0 radical (unpaired) electrons. The van der Waals surface area contributed by atoms with Crippen molar-refractivity contribution in [1.82, 2.24) is 15.1 Å². The lowest BCUT2D eigenvalue weighted by atomic mass is 10.2. The number of nitrogens with one attached hydrogen (secondary N) is 1. The van der Waals surface area contributed by atoms with Crippen molar-refractivity contribution in [1.29, 1.82) is 0 Å². The van der Waals surface area contributed by atoms with Crippen LogP contribution in [-0.2, 0) is 0 Å². The van der Waals surface area contributed by atoms with Gasteiger partial charge in [-0.2, -0.15) is 4.98 Å². The lowest BCUT2D eigenvalue weighted by Gasteiger charge is -2.36. The summed E-state index contributed by atoms with van der Waals surface area (Å²) in [4.78, 5) is 13.3. The van der Waals surface area contributed by atoms with E-state index < -0.39 is 0 Å². The zero-order valence-electron chi connectivity index (χ0n) is 14.4. The molecule has 0 aliphatic carbocycles. The molecule has 0 atom stereocenters. The highest BCUT2D eigenvalue weighted by Crippen LogP contribution is 2.20. The maximum Gasteiger partial charge on any atom is 0.227 e. The summed E-state index contributed by atoms with van der Waals surface area (Å²) in [5, 5.41) is 7.03. The van der Waals surface area contributed by atoms with Crippen molar-refractivity contribution < 1.29 is 8.91 Å². The topological polar surface area (TPSA) is 70.3 Å². The Morgan fingerprint density at radius 2 is 1.73 bits per heavy atom. The molecule has 1 aliphatic rings. The minimum atomic E-state index is -0.215. The van der Waals surface area contributed by atoms with Crippen LogP contribution in [0.5, 0.6) is 0 Å². The van der Waals surface area contributed by atoms with Crippen molar-refractivity contribution in [3.8, 4) is 0 Å². The summed E-state index contributed by atoms with van der Waals surface area (Å²) in [6.07, 6.45) is 1.73. The van der Waals surface area contributed by atoms with Gasteiger partial charge in [0.2, 0.25) is 5.95 Å². The zero-order valence-corrected chi connectivity index (χ0v) is 14.4. The van der Waals surface area contributed by atoms with Crippen LogP contribution in [0.4, 0.5) is 27.7 Å². The number of anilines is 4. The Hall–Kier alpha value is -3.16. The van der Waals surface area contributed by atoms with Gasteiger partial charge >= 0.3 is 0 Å². The molecule has 4 rings (SSSR count). The number of benzene rings is 1. The average Bonchev–Trinajstić information content (AvgIpc) is 3.07. The number of aromatic nitrogens is 3. The third-order valence-corrected chi connectivity index (χ3v) is 4.28. The van der Waals surface area contributed by atoms with Crippen LogP contribution in [0.25, 0.3) is 0 Å². The Kier molecular flexibility index (Phi) is 4.39. The molecule has 3 aromatic rings. The quantitative estimate of drug-likeness (QED) is 0.772. The van der Waals surface area contributed by atoms with E-state index in [9.17, 15) is 4.39 Å². The van der Waals surface area contributed by atoms with Gasteiger partial charge in [0, 0.05) is 44.1 Å². The van der Waals surface area contributed by atoms with E-state index in [2.05, 4.69) is 30.2 Å². The molecule has 0 saturated carbocycles. The highest BCUT2D eigenvalue weighted by Gasteiger charge is 2.19. The van der Waals surface area contributed by atoms with Crippen molar-refractivity contribution in [2.75, 3.05) is 41.3 Å². The second kappa shape index (κ2) is 6.99. The van der Waals surface area contributed by atoms with Gasteiger partial charge in [0.05, 0.1) is 0 Å². The average molecular weight is 354 g/mol. The molecule has 3 heterocycles. The number of nitrogens with zero attached hydrogens (tertiary/aromatic N) is 5. The largest absolute Gasteiger partial charge is 0.368 e. The summed E-state index contributed by atoms with van der Waals surface area (Å²) in [5.41, 5.74) is 1.03. The lowest BCUT2D eigenvalue weighted by Crippen LogP contribution is -2.47. The third-order valence-electron chi connectivity index (χ3n) is 4.28. The van der Waals surface area contributed by atoms with Crippen LogP contribution in [0, 0.1) is 12.7 Å². The fourth-order valence-corrected chi connectivity index (χ4v) is 2.94. The van der Waals surface area contributed by atoms with Crippen molar-refractivity contribution in [3.05, 3.63) is 54.2 Å². The molecule has 26 heavy (non-hydrogen) atoms. The smallest absolute Gasteiger partial charge is 0.227 e. The third kappa shape index (κ3) is 3.58. The highest BCUT2D eigenvalue weighted by molar-refractivity contribution is 5.53. The summed E-state index contributed by atoms with van der Waals surface area (Å²) in [6.45, 7) is 5.09. The first-order valence-corrected chi connectivity index (χ1v) is 8.46. The molecule has 1 N–H and O–H groups in total. The Morgan fingerprint density at radius 1 is 1.00 bits per heavy atom. The molecular formula is C18H19FN6O. The molecule has 134 valence electrons. The monoisotopic (exact) mass is 354 g/mol. The predicted octanol–water partition coefficient (Wildman–Crippen LogP) is 2.98. The van der Waals surface area contributed by atoms with Crippen LogP contribution in [-0.4, -0.2) is 41.3 Å². The van der Waals surface area contributed by atoms with E-state index in [-0.39, 0.29) is 5.82 Å². The van der Waals surface area contributed by atoms with Gasteiger partial charge in [0.15, 0.2) is 5.82 Å². The van der Waals surface area contributed by atoms with Gasteiger partial charge in [0.25, 0.3) is 0 Å². The van der Waals surface area contributed by atoms with E-state index in [1.807, 2.05) is 25.1 Å². The fourth-order valence-electron chi connectivity index (χ4n) is 2.94. The highest BCUT2D eigenvalue weighted by atomic mass is 19.1. The number of piperazine rings is 1. The second-order valence-electron chi connectivity index (χ2n) is 6.14. The van der Waals surface area contributed by atoms with Crippen LogP contribution in [0.15, 0.2) is 47.1 Å². The normalized spacial score (nSPS) is 14.5. The van der Waals surface area contributed by atoms with Crippen LogP contribution in [0.2, 0.25) is 0 Å². The van der Waals surface area contributed by atoms with Crippen molar-refractivity contribution in [2.45, 2.75) is 6.92 Å². The van der Waals surface area contributed by atoms with Gasteiger partial charge in [0.1, 0.15) is 17.4 Å². The minimum absolute atomic E-state index is 0.215. The Bertz CT molecular complexity index is 873. The van der Waals surface area contributed by atoms with Crippen molar-refractivity contribution in [2.24, 2.45) is 0 Å². The summed E-state index contributed by atoms with van der Waals surface area (Å²) in [7, 11) is 0. The molecule has 0 amide bonds. The lowest BCUT2D eigenvalue weighted by molar-refractivity contribution is 0.400. The van der Waals surface area contributed by atoms with Gasteiger partial charge in [-0.15, -0.1) is 0 Å². The van der Waals surface area contributed by atoms with Crippen LogP contribution >= 0.6 is 0 Å². The Labute approximate surface area is 150 Å². The minimum Gasteiger partial charge on any atom is -0.368 e. The van der Waals surface area contributed by atoms with Crippen molar-refractivity contribution in [3.63, 3.8) is 0 Å². The Morgan fingerprint density at radius 3 is 2.42 bits per heavy atom. The van der Waals surface area contributed by atoms with E-state index in [1.165, 1.54) is 12.1 Å². The molecule has 7 nitrogen and oxygen atoms in total. The zero-order chi connectivity index (χ0) is 17.9. The van der Waals surface area contributed by atoms with E-state index in [4.69, 9.17) is 4.52 Å². The van der Waals surface area contributed by atoms with E-state index in [0.29, 0.717) is 17.6 Å². The van der Waals surface area contributed by atoms with Gasteiger partial charge in [-0.1, -0.05) is 5.16 Å². The molecule has 1 saturated heterocycles. The number of halogens is 1. The molecule has 1 fully saturated rings. The standard InChI is InChI=1S/C18H19FN6O/c1-13-12-17(23-26-13)21-16-6-7-20-18(22-16)25-10-8-24(9-11-25)15-4-2-14(19)3-5-15/h2-7,12H,8-11H2,1H3,(H,20,21,22,23). The summed E-state index contributed by atoms with van der Waals surface area (Å²) in [5.74, 6) is 2.48. The van der Waals surface area contributed by atoms with Gasteiger partial charge in [-0.05, 0) is 37.3 Å². The first kappa shape index (κ1) is 16.3.